The highest BCUT2D eigenvalue weighted by Crippen LogP contribution is 2.12. The molecule has 1 aliphatic rings. The van der Waals surface area contributed by atoms with Crippen LogP contribution in [0.5, 0.6) is 0 Å². The molecule has 0 spiro atoms. The second-order valence-corrected chi connectivity index (χ2v) is 5.50. The molecule has 6 heteroatoms. The van der Waals surface area contributed by atoms with E-state index in [1.807, 2.05) is 0 Å². The molecule has 1 aromatic heterocycles. The van der Waals surface area contributed by atoms with Gasteiger partial charge in [0, 0.05) is 19.7 Å². The van der Waals surface area contributed by atoms with Crippen LogP contribution in [-0.4, -0.2) is 48.2 Å². The van der Waals surface area contributed by atoms with Gasteiger partial charge in [0.15, 0.2) is 5.82 Å². The summed E-state index contributed by atoms with van der Waals surface area (Å²) < 4.78 is 5.02. The first kappa shape index (κ1) is 15.5. The molecule has 0 bridgehead atoms. The number of halogens is 1. The summed E-state index contributed by atoms with van der Waals surface area (Å²) in [5.74, 6) is 1.39. The molecule has 0 unspecified atom stereocenters. The van der Waals surface area contributed by atoms with Crippen molar-refractivity contribution < 1.29 is 4.74 Å². The van der Waals surface area contributed by atoms with E-state index in [9.17, 15) is 0 Å². The third kappa shape index (κ3) is 5.23. The van der Waals surface area contributed by atoms with E-state index in [0.717, 1.165) is 18.8 Å². The number of unbranched alkanes of at least 4 members (excludes halogenated alkanes) is 1. The SMILES string of the molecule is COCc1nc(Cl)cc(NCCCCN2CCCC2)n1. The van der Waals surface area contributed by atoms with Crippen molar-refractivity contribution in [1.82, 2.24) is 14.9 Å². The van der Waals surface area contributed by atoms with Gasteiger partial charge in [0.2, 0.25) is 0 Å². The molecule has 1 N–H and O–H groups in total. The lowest BCUT2D eigenvalue weighted by Gasteiger charge is -2.14. The van der Waals surface area contributed by atoms with Gasteiger partial charge in [0.25, 0.3) is 0 Å². The lowest BCUT2D eigenvalue weighted by atomic mass is 10.3. The molecule has 0 saturated carbocycles. The Kier molecular flexibility index (Phi) is 6.50. The molecular formula is C14H23ClN4O. The van der Waals surface area contributed by atoms with E-state index in [-0.39, 0.29) is 0 Å². The van der Waals surface area contributed by atoms with Gasteiger partial charge in [-0.15, -0.1) is 0 Å². The first-order chi connectivity index (χ1) is 9.78. The van der Waals surface area contributed by atoms with E-state index in [1.165, 1.54) is 38.9 Å². The second-order valence-electron chi connectivity index (χ2n) is 5.11. The molecular weight excluding hydrogens is 276 g/mol. The van der Waals surface area contributed by atoms with Crippen molar-refractivity contribution in [2.75, 3.05) is 38.6 Å². The van der Waals surface area contributed by atoms with Crippen LogP contribution in [0.25, 0.3) is 0 Å². The third-order valence-corrected chi connectivity index (χ3v) is 3.61. The van der Waals surface area contributed by atoms with Crippen LogP contribution in [0.2, 0.25) is 5.15 Å². The zero-order valence-electron chi connectivity index (χ0n) is 12.1. The fourth-order valence-corrected chi connectivity index (χ4v) is 2.63. The molecule has 0 atom stereocenters. The number of ether oxygens (including phenoxy) is 1. The van der Waals surface area contributed by atoms with Crippen LogP contribution < -0.4 is 5.32 Å². The van der Waals surface area contributed by atoms with E-state index >= 15 is 0 Å². The van der Waals surface area contributed by atoms with Crippen LogP contribution in [0.1, 0.15) is 31.5 Å². The zero-order valence-corrected chi connectivity index (χ0v) is 12.8. The Morgan fingerprint density at radius 3 is 2.85 bits per heavy atom. The summed E-state index contributed by atoms with van der Waals surface area (Å²) in [6.07, 6.45) is 5.08. The molecule has 20 heavy (non-hydrogen) atoms. The number of rotatable bonds is 8. The van der Waals surface area contributed by atoms with Crippen LogP contribution in [0, 0.1) is 0 Å². The van der Waals surface area contributed by atoms with Gasteiger partial charge < -0.3 is 15.0 Å². The molecule has 1 aliphatic heterocycles. The largest absolute Gasteiger partial charge is 0.377 e. The fourth-order valence-electron chi connectivity index (χ4n) is 2.43. The Morgan fingerprint density at radius 2 is 2.10 bits per heavy atom. The highest BCUT2D eigenvalue weighted by atomic mass is 35.5. The molecule has 1 saturated heterocycles. The van der Waals surface area contributed by atoms with Crippen LogP contribution in [-0.2, 0) is 11.3 Å². The molecule has 1 fully saturated rings. The van der Waals surface area contributed by atoms with Crippen molar-refractivity contribution in [3.8, 4) is 0 Å². The molecule has 0 aromatic carbocycles. The van der Waals surface area contributed by atoms with Gasteiger partial charge in [0.05, 0.1) is 0 Å². The maximum absolute atomic E-state index is 5.96. The molecule has 2 heterocycles. The Bertz CT molecular complexity index is 410. The van der Waals surface area contributed by atoms with Crippen molar-refractivity contribution in [3.63, 3.8) is 0 Å². The van der Waals surface area contributed by atoms with Gasteiger partial charge in [-0.1, -0.05) is 11.6 Å². The quantitative estimate of drug-likeness (QED) is 0.590. The molecule has 112 valence electrons. The predicted octanol–water partition coefficient (Wildman–Crippen LogP) is 2.56. The summed E-state index contributed by atoms with van der Waals surface area (Å²) >= 11 is 5.96. The number of nitrogens with zero attached hydrogens (tertiary/aromatic N) is 3. The van der Waals surface area contributed by atoms with Gasteiger partial charge in [-0.3, -0.25) is 0 Å². The van der Waals surface area contributed by atoms with Crippen LogP contribution in [0.4, 0.5) is 5.82 Å². The molecule has 0 aliphatic carbocycles. The minimum atomic E-state index is 0.379. The van der Waals surface area contributed by atoms with Gasteiger partial charge in [-0.2, -0.15) is 0 Å². The van der Waals surface area contributed by atoms with E-state index in [4.69, 9.17) is 16.3 Å². The first-order valence-electron chi connectivity index (χ1n) is 7.26. The normalized spacial score (nSPS) is 15.7. The third-order valence-electron chi connectivity index (χ3n) is 3.42. The Hall–Kier alpha value is -0.910. The summed E-state index contributed by atoms with van der Waals surface area (Å²) in [6.45, 7) is 5.05. The predicted molar refractivity (Wildman–Crippen MR) is 81.2 cm³/mol. The zero-order chi connectivity index (χ0) is 14.2. The smallest absolute Gasteiger partial charge is 0.158 e. The van der Waals surface area contributed by atoms with Gasteiger partial charge in [-0.25, -0.2) is 9.97 Å². The molecule has 0 radical (unpaired) electrons. The minimum Gasteiger partial charge on any atom is -0.377 e. The van der Waals surface area contributed by atoms with Crippen molar-refractivity contribution >= 4 is 17.4 Å². The first-order valence-corrected chi connectivity index (χ1v) is 7.64. The van der Waals surface area contributed by atoms with E-state index < -0.39 is 0 Å². The van der Waals surface area contributed by atoms with Crippen molar-refractivity contribution in [2.45, 2.75) is 32.3 Å². The van der Waals surface area contributed by atoms with E-state index in [0.29, 0.717) is 17.6 Å². The number of methoxy groups -OCH3 is 1. The number of aromatic nitrogens is 2. The van der Waals surface area contributed by atoms with Crippen molar-refractivity contribution in [2.24, 2.45) is 0 Å². The van der Waals surface area contributed by atoms with Crippen molar-refractivity contribution in [1.29, 1.82) is 0 Å². The Balaban J connectivity index is 1.67. The average molecular weight is 299 g/mol. The number of likely N-dealkylation sites (tertiary alicyclic amines) is 1. The van der Waals surface area contributed by atoms with Crippen LogP contribution >= 0.6 is 11.6 Å². The number of anilines is 1. The molecule has 1 aromatic rings. The van der Waals surface area contributed by atoms with Gasteiger partial charge in [0.1, 0.15) is 17.6 Å². The summed E-state index contributed by atoms with van der Waals surface area (Å²) in [5.41, 5.74) is 0. The number of nitrogens with one attached hydrogen (secondary N) is 1. The fraction of sp³-hybridized carbons (Fsp3) is 0.714. The lowest BCUT2D eigenvalue weighted by Crippen LogP contribution is -2.21. The maximum Gasteiger partial charge on any atom is 0.158 e. The molecule has 5 nitrogen and oxygen atoms in total. The lowest BCUT2D eigenvalue weighted by molar-refractivity contribution is 0.178. The summed E-state index contributed by atoms with van der Waals surface area (Å²) in [5, 5.41) is 3.75. The van der Waals surface area contributed by atoms with Gasteiger partial charge >= 0.3 is 0 Å². The van der Waals surface area contributed by atoms with Crippen LogP contribution in [0.3, 0.4) is 0 Å². The average Bonchev–Trinajstić information content (AvgIpc) is 2.91. The Labute approximate surface area is 125 Å². The second kappa shape index (κ2) is 8.39. The van der Waals surface area contributed by atoms with E-state index in [2.05, 4.69) is 20.2 Å². The Morgan fingerprint density at radius 1 is 1.30 bits per heavy atom. The monoisotopic (exact) mass is 298 g/mol. The maximum atomic E-state index is 5.96. The van der Waals surface area contributed by atoms with E-state index in [1.54, 1.807) is 13.2 Å². The summed E-state index contributed by atoms with van der Waals surface area (Å²) in [4.78, 5) is 11.0. The standard InChI is InChI=1S/C14H23ClN4O/c1-20-11-14-17-12(15)10-13(18-14)16-6-2-3-7-19-8-4-5-9-19/h10H,2-9,11H2,1H3,(H,16,17,18). The molecule has 2 rings (SSSR count). The summed E-state index contributed by atoms with van der Waals surface area (Å²) in [7, 11) is 1.62. The molecule has 0 amide bonds. The minimum absolute atomic E-state index is 0.379. The number of hydrogen-bond acceptors (Lipinski definition) is 5. The van der Waals surface area contributed by atoms with Crippen molar-refractivity contribution in [3.05, 3.63) is 17.0 Å². The summed E-state index contributed by atoms with van der Waals surface area (Å²) in [6, 6.07) is 1.75. The number of hydrogen-bond donors (Lipinski definition) is 1. The highest BCUT2D eigenvalue weighted by molar-refractivity contribution is 6.29. The highest BCUT2D eigenvalue weighted by Gasteiger charge is 2.10. The topological polar surface area (TPSA) is 50.3 Å². The van der Waals surface area contributed by atoms with Gasteiger partial charge in [-0.05, 0) is 45.3 Å². The van der Waals surface area contributed by atoms with Crippen LogP contribution in [0.15, 0.2) is 6.07 Å².